The lowest BCUT2D eigenvalue weighted by Gasteiger charge is -2.44. The van der Waals surface area contributed by atoms with Gasteiger partial charge in [0, 0.05) is 31.7 Å². The molecule has 0 bridgehead atoms. The zero-order valence-corrected chi connectivity index (χ0v) is 16.1. The van der Waals surface area contributed by atoms with Gasteiger partial charge in [-0.05, 0) is 49.2 Å². The molecule has 0 spiro atoms. The molecule has 3 rings (SSSR count). The highest BCUT2D eigenvalue weighted by Gasteiger charge is 2.32. The zero-order valence-electron chi connectivity index (χ0n) is 16.1. The Hall–Kier alpha value is -2.73. The summed E-state index contributed by atoms with van der Waals surface area (Å²) in [7, 11) is 0. The summed E-state index contributed by atoms with van der Waals surface area (Å²) in [4.78, 5) is 27.9. The van der Waals surface area contributed by atoms with E-state index in [0.717, 1.165) is 18.7 Å². The maximum Gasteiger partial charge on any atom is 0.335 e. The maximum atomic E-state index is 13.4. The van der Waals surface area contributed by atoms with Crippen LogP contribution in [0.1, 0.15) is 35.3 Å². The fourth-order valence-electron chi connectivity index (χ4n) is 3.98. The maximum absolute atomic E-state index is 13.4. The van der Waals surface area contributed by atoms with Crippen molar-refractivity contribution in [1.29, 1.82) is 0 Å². The van der Waals surface area contributed by atoms with E-state index in [1.54, 1.807) is 24.3 Å². The summed E-state index contributed by atoms with van der Waals surface area (Å²) in [5, 5.41) is 9.00. The van der Waals surface area contributed by atoms with Crippen LogP contribution in [-0.2, 0) is 17.8 Å². The SMILES string of the molecule is C[C@@H]1CN(Cc2ccc(C(=O)O)cc2)C[C@H](C)N1C(=O)Cc1cccc(F)c1. The quantitative estimate of drug-likeness (QED) is 0.860. The summed E-state index contributed by atoms with van der Waals surface area (Å²) in [5.41, 5.74) is 2.01. The van der Waals surface area contributed by atoms with Gasteiger partial charge in [-0.3, -0.25) is 9.69 Å². The van der Waals surface area contributed by atoms with Crippen LogP contribution in [-0.4, -0.2) is 52.0 Å². The van der Waals surface area contributed by atoms with Crippen molar-refractivity contribution in [2.75, 3.05) is 13.1 Å². The number of carbonyl (C=O) groups excluding carboxylic acids is 1. The van der Waals surface area contributed by atoms with Gasteiger partial charge in [-0.1, -0.05) is 24.3 Å². The van der Waals surface area contributed by atoms with Crippen LogP contribution in [0.4, 0.5) is 4.39 Å². The van der Waals surface area contributed by atoms with Crippen LogP contribution < -0.4 is 0 Å². The molecule has 0 radical (unpaired) electrons. The number of piperazine rings is 1. The largest absolute Gasteiger partial charge is 0.478 e. The lowest BCUT2D eigenvalue weighted by atomic mass is 10.0. The molecule has 2 aromatic carbocycles. The average Bonchev–Trinajstić information content (AvgIpc) is 2.61. The highest BCUT2D eigenvalue weighted by molar-refractivity contribution is 5.87. The fourth-order valence-corrected chi connectivity index (χ4v) is 3.98. The van der Waals surface area contributed by atoms with E-state index >= 15 is 0 Å². The molecule has 1 amide bonds. The molecule has 1 fully saturated rings. The topological polar surface area (TPSA) is 60.9 Å². The average molecular weight is 384 g/mol. The van der Waals surface area contributed by atoms with Crippen LogP contribution >= 0.6 is 0 Å². The first kappa shape index (κ1) is 20.0. The first-order valence-corrected chi connectivity index (χ1v) is 9.43. The number of rotatable bonds is 5. The molecule has 1 N–H and O–H groups in total. The van der Waals surface area contributed by atoms with E-state index < -0.39 is 5.97 Å². The Morgan fingerprint density at radius 1 is 1.04 bits per heavy atom. The van der Waals surface area contributed by atoms with Crippen LogP contribution in [0.25, 0.3) is 0 Å². The number of hydrogen-bond donors (Lipinski definition) is 1. The molecule has 28 heavy (non-hydrogen) atoms. The summed E-state index contributed by atoms with van der Waals surface area (Å²) in [6, 6.07) is 13.2. The van der Waals surface area contributed by atoms with E-state index in [0.29, 0.717) is 12.1 Å². The van der Waals surface area contributed by atoms with Gasteiger partial charge in [0.1, 0.15) is 5.82 Å². The molecule has 148 valence electrons. The third-order valence-corrected chi connectivity index (χ3v) is 5.13. The molecule has 1 heterocycles. The van der Waals surface area contributed by atoms with Crippen molar-refractivity contribution < 1.29 is 19.1 Å². The Morgan fingerprint density at radius 2 is 1.68 bits per heavy atom. The molecule has 5 nitrogen and oxygen atoms in total. The summed E-state index contributed by atoms with van der Waals surface area (Å²) in [6.07, 6.45) is 0.198. The zero-order chi connectivity index (χ0) is 20.3. The second kappa shape index (κ2) is 8.52. The first-order chi connectivity index (χ1) is 13.3. The van der Waals surface area contributed by atoms with E-state index in [-0.39, 0.29) is 35.8 Å². The molecule has 6 heteroatoms. The van der Waals surface area contributed by atoms with Gasteiger partial charge in [0.15, 0.2) is 0 Å². The Kier molecular flexibility index (Phi) is 6.09. The Morgan fingerprint density at radius 3 is 2.25 bits per heavy atom. The molecular formula is C22H25FN2O3. The highest BCUT2D eigenvalue weighted by Crippen LogP contribution is 2.20. The number of amides is 1. The van der Waals surface area contributed by atoms with Gasteiger partial charge in [0.2, 0.25) is 5.91 Å². The van der Waals surface area contributed by atoms with E-state index in [9.17, 15) is 14.0 Å². The summed E-state index contributed by atoms with van der Waals surface area (Å²) in [6.45, 7) is 6.24. The number of carboxylic acid groups (broad SMARTS) is 1. The van der Waals surface area contributed by atoms with Crippen molar-refractivity contribution >= 4 is 11.9 Å². The van der Waals surface area contributed by atoms with Crippen molar-refractivity contribution in [1.82, 2.24) is 9.80 Å². The van der Waals surface area contributed by atoms with Crippen molar-refractivity contribution in [3.8, 4) is 0 Å². The van der Waals surface area contributed by atoms with E-state index in [1.165, 1.54) is 12.1 Å². The van der Waals surface area contributed by atoms with Crippen LogP contribution in [0.15, 0.2) is 48.5 Å². The van der Waals surface area contributed by atoms with Crippen LogP contribution in [0.2, 0.25) is 0 Å². The minimum absolute atomic E-state index is 0.0102. The smallest absolute Gasteiger partial charge is 0.335 e. The minimum Gasteiger partial charge on any atom is -0.478 e. The number of hydrogen-bond acceptors (Lipinski definition) is 3. The molecule has 1 saturated heterocycles. The fraction of sp³-hybridized carbons (Fsp3) is 0.364. The molecule has 2 aromatic rings. The summed E-state index contributed by atoms with van der Waals surface area (Å²) in [5.74, 6) is -1.25. The predicted molar refractivity (Wildman–Crippen MR) is 105 cm³/mol. The minimum atomic E-state index is -0.931. The summed E-state index contributed by atoms with van der Waals surface area (Å²) < 4.78 is 13.4. The first-order valence-electron chi connectivity index (χ1n) is 9.43. The molecule has 0 saturated carbocycles. The standard InChI is InChI=1S/C22H25FN2O3/c1-15-12-24(14-17-6-8-19(9-7-17)22(27)28)13-16(2)25(15)21(26)11-18-4-3-5-20(23)10-18/h3-10,15-16H,11-14H2,1-2H3,(H,27,28)/t15-,16+. The number of halogens is 1. The van der Waals surface area contributed by atoms with Crippen LogP contribution in [0.3, 0.4) is 0 Å². The van der Waals surface area contributed by atoms with E-state index in [1.807, 2.05) is 30.9 Å². The summed E-state index contributed by atoms with van der Waals surface area (Å²) >= 11 is 0. The monoisotopic (exact) mass is 384 g/mol. The number of benzene rings is 2. The third kappa shape index (κ3) is 4.75. The van der Waals surface area contributed by atoms with Crippen molar-refractivity contribution in [3.63, 3.8) is 0 Å². The molecular weight excluding hydrogens is 359 g/mol. The van der Waals surface area contributed by atoms with E-state index in [2.05, 4.69) is 4.90 Å². The number of nitrogens with zero attached hydrogens (tertiary/aromatic N) is 2. The van der Waals surface area contributed by atoms with Crippen LogP contribution in [0, 0.1) is 5.82 Å². The predicted octanol–water partition coefficient (Wildman–Crippen LogP) is 3.19. The molecule has 0 unspecified atom stereocenters. The Balaban J connectivity index is 1.61. The molecule has 1 aliphatic heterocycles. The molecule has 0 aliphatic carbocycles. The van der Waals surface area contributed by atoms with Crippen molar-refractivity contribution in [2.24, 2.45) is 0 Å². The van der Waals surface area contributed by atoms with Gasteiger partial charge in [-0.15, -0.1) is 0 Å². The van der Waals surface area contributed by atoms with Crippen molar-refractivity contribution in [3.05, 3.63) is 71.0 Å². The van der Waals surface area contributed by atoms with Gasteiger partial charge in [-0.25, -0.2) is 9.18 Å². The van der Waals surface area contributed by atoms with Gasteiger partial charge in [-0.2, -0.15) is 0 Å². The highest BCUT2D eigenvalue weighted by atomic mass is 19.1. The second-order valence-corrected chi connectivity index (χ2v) is 7.50. The third-order valence-electron chi connectivity index (χ3n) is 5.13. The number of carbonyl (C=O) groups is 2. The van der Waals surface area contributed by atoms with Gasteiger partial charge in [0.05, 0.1) is 12.0 Å². The van der Waals surface area contributed by atoms with Crippen molar-refractivity contribution in [2.45, 2.75) is 38.9 Å². The van der Waals surface area contributed by atoms with Gasteiger partial charge >= 0.3 is 5.97 Å². The molecule has 2 atom stereocenters. The van der Waals surface area contributed by atoms with Gasteiger partial charge < -0.3 is 10.0 Å². The Labute approximate surface area is 164 Å². The second-order valence-electron chi connectivity index (χ2n) is 7.50. The lowest BCUT2D eigenvalue weighted by molar-refractivity contribution is -0.138. The number of aromatic carboxylic acids is 1. The molecule has 1 aliphatic rings. The number of carboxylic acids is 1. The normalized spacial score (nSPS) is 20.2. The molecule has 0 aromatic heterocycles. The lowest BCUT2D eigenvalue weighted by Crippen LogP contribution is -2.58. The van der Waals surface area contributed by atoms with Crippen LogP contribution in [0.5, 0.6) is 0 Å². The van der Waals surface area contributed by atoms with Gasteiger partial charge in [0.25, 0.3) is 0 Å². The Bertz CT molecular complexity index is 841. The van der Waals surface area contributed by atoms with E-state index in [4.69, 9.17) is 5.11 Å².